The number of ether oxygens (including phenoxy) is 1. The summed E-state index contributed by atoms with van der Waals surface area (Å²) < 4.78 is 21.9. The van der Waals surface area contributed by atoms with E-state index in [0.717, 1.165) is 16.5 Å². The van der Waals surface area contributed by atoms with Crippen LogP contribution in [0.15, 0.2) is 21.4 Å². The first kappa shape index (κ1) is 25.1. The van der Waals surface area contributed by atoms with Crippen LogP contribution in [0, 0.1) is 5.82 Å². The van der Waals surface area contributed by atoms with E-state index in [1.807, 2.05) is 0 Å². The summed E-state index contributed by atoms with van der Waals surface area (Å²) in [6.45, 7) is 3.09. The van der Waals surface area contributed by atoms with Crippen LogP contribution < -0.4 is 10.9 Å². The third-order valence-electron chi connectivity index (χ3n) is 7.86. The molecular formula is C27H25BrFN3O6. The van der Waals surface area contributed by atoms with Gasteiger partial charge < -0.3 is 24.8 Å². The second-order valence-corrected chi connectivity index (χ2v) is 11.0. The van der Waals surface area contributed by atoms with Gasteiger partial charge in [0.1, 0.15) is 12.4 Å². The lowest BCUT2D eigenvalue weighted by atomic mass is 9.83. The monoisotopic (exact) mass is 585 g/mol. The summed E-state index contributed by atoms with van der Waals surface area (Å²) in [6.07, 6.45) is 0.125. The Kier molecular flexibility index (Phi) is 5.75. The van der Waals surface area contributed by atoms with Crippen LogP contribution in [0.25, 0.3) is 22.3 Å². The van der Waals surface area contributed by atoms with E-state index in [2.05, 4.69) is 21.2 Å². The highest BCUT2D eigenvalue weighted by atomic mass is 79.9. The Bertz CT molecular complexity index is 1630. The molecule has 0 saturated carbocycles. The summed E-state index contributed by atoms with van der Waals surface area (Å²) >= 11 is 3.37. The number of aryl methyl sites for hydroxylation is 1. The first-order valence-electron chi connectivity index (χ1n) is 12.5. The molecule has 0 fully saturated rings. The fourth-order valence-electron chi connectivity index (χ4n) is 6.02. The smallest absolute Gasteiger partial charge is 0.343 e. The van der Waals surface area contributed by atoms with E-state index in [1.54, 1.807) is 13.0 Å². The van der Waals surface area contributed by atoms with Gasteiger partial charge in [-0.05, 0) is 59.3 Å². The maximum Gasteiger partial charge on any atom is 0.343 e. The van der Waals surface area contributed by atoms with Gasteiger partial charge in [0.15, 0.2) is 5.60 Å². The normalized spacial score (nSPS) is 21.9. The van der Waals surface area contributed by atoms with Gasteiger partial charge in [-0.2, -0.15) is 0 Å². The number of carbonyl (C=O) groups excluding carboxylic acids is 2. The van der Waals surface area contributed by atoms with Crippen LogP contribution in [0.3, 0.4) is 0 Å². The number of cyclic esters (lactones) is 1. The van der Waals surface area contributed by atoms with E-state index in [9.17, 15) is 29.0 Å². The summed E-state index contributed by atoms with van der Waals surface area (Å²) in [6, 6.07) is 2.49. The molecule has 38 heavy (non-hydrogen) atoms. The fourth-order valence-corrected chi connectivity index (χ4v) is 6.53. The lowest BCUT2D eigenvalue weighted by Gasteiger charge is -2.31. The van der Waals surface area contributed by atoms with E-state index in [-0.39, 0.29) is 43.0 Å². The molecule has 1 aromatic carbocycles. The summed E-state index contributed by atoms with van der Waals surface area (Å²) in [5, 5.41) is 24.6. The van der Waals surface area contributed by atoms with Crippen molar-refractivity contribution in [3.05, 3.63) is 60.6 Å². The Hall–Kier alpha value is -3.15. The number of aromatic nitrogens is 2. The van der Waals surface area contributed by atoms with E-state index < -0.39 is 35.1 Å². The number of carbonyl (C=O) groups is 2. The van der Waals surface area contributed by atoms with Crippen LogP contribution in [0.4, 0.5) is 4.39 Å². The number of aliphatic hydroxyl groups excluding tert-OH is 1. The highest BCUT2D eigenvalue weighted by molar-refractivity contribution is 9.10. The lowest BCUT2D eigenvalue weighted by molar-refractivity contribution is -0.172. The molecule has 3 aromatic rings. The van der Waals surface area contributed by atoms with Gasteiger partial charge in [0, 0.05) is 22.6 Å². The van der Waals surface area contributed by atoms with E-state index in [1.165, 1.54) is 17.6 Å². The topological polar surface area (TPSA) is 131 Å². The van der Waals surface area contributed by atoms with Gasteiger partial charge in [0.05, 0.1) is 52.1 Å². The summed E-state index contributed by atoms with van der Waals surface area (Å²) in [5.41, 5.74) is 1.49. The Balaban J connectivity index is 1.61. The molecule has 0 saturated heterocycles. The molecular weight excluding hydrogens is 561 g/mol. The summed E-state index contributed by atoms with van der Waals surface area (Å²) in [4.78, 5) is 43.5. The minimum Gasteiger partial charge on any atom is -0.458 e. The van der Waals surface area contributed by atoms with Gasteiger partial charge in [-0.3, -0.25) is 9.59 Å². The van der Waals surface area contributed by atoms with Crippen molar-refractivity contribution in [1.29, 1.82) is 0 Å². The van der Waals surface area contributed by atoms with Crippen LogP contribution in [-0.4, -0.2) is 37.7 Å². The third kappa shape index (κ3) is 3.48. The fraction of sp³-hybridized carbons (Fsp3) is 0.407. The van der Waals surface area contributed by atoms with Gasteiger partial charge in [-0.25, -0.2) is 14.2 Å². The van der Waals surface area contributed by atoms with Crippen molar-refractivity contribution in [2.45, 2.75) is 70.4 Å². The first-order chi connectivity index (χ1) is 18.0. The van der Waals surface area contributed by atoms with Crippen LogP contribution in [0.1, 0.15) is 67.0 Å². The highest BCUT2D eigenvalue weighted by Gasteiger charge is 2.46. The molecule has 2 aromatic heterocycles. The third-order valence-corrected chi connectivity index (χ3v) is 8.72. The zero-order valence-electron chi connectivity index (χ0n) is 20.7. The van der Waals surface area contributed by atoms with Crippen molar-refractivity contribution in [2.75, 3.05) is 0 Å². The predicted octanol–water partition coefficient (Wildman–Crippen LogP) is 2.86. The number of nitrogens with zero attached hydrogens (tertiary/aromatic N) is 2. The lowest BCUT2D eigenvalue weighted by Crippen LogP contribution is -2.44. The number of pyridine rings is 2. The zero-order valence-corrected chi connectivity index (χ0v) is 22.3. The van der Waals surface area contributed by atoms with Crippen LogP contribution in [0.2, 0.25) is 0 Å². The molecule has 3 aliphatic rings. The largest absolute Gasteiger partial charge is 0.458 e. The van der Waals surface area contributed by atoms with Gasteiger partial charge >= 0.3 is 5.97 Å². The molecule has 0 bridgehead atoms. The molecule has 198 valence electrons. The quantitative estimate of drug-likeness (QED) is 0.314. The molecule has 9 nitrogen and oxygen atoms in total. The van der Waals surface area contributed by atoms with E-state index in [4.69, 9.17) is 9.72 Å². The number of amides is 1. The molecule has 1 aliphatic carbocycles. The predicted molar refractivity (Wildman–Crippen MR) is 138 cm³/mol. The Morgan fingerprint density at radius 3 is 2.82 bits per heavy atom. The molecule has 2 aliphatic heterocycles. The van der Waals surface area contributed by atoms with Gasteiger partial charge in [-0.1, -0.05) is 6.92 Å². The molecule has 0 radical (unpaired) electrons. The van der Waals surface area contributed by atoms with Crippen molar-refractivity contribution in [1.82, 2.24) is 14.9 Å². The van der Waals surface area contributed by atoms with Crippen LogP contribution >= 0.6 is 15.9 Å². The van der Waals surface area contributed by atoms with Crippen LogP contribution in [0.5, 0.6) is 0 Å². The number of hydrogen-bond donors (Lipinski definition) is 3. The molecule has 0 spiro atoms. The molecule has 0 unspecified atom stereocenters. The van der Waals surface area contributed by atoms with Crippen molar-refractivity contribution in [3.8, 4) is 11.4 Å². The maximum absolute atomic E-state index is 14.9. The zero-order chi connectivity index (χ0) is 27.1. The number of esters is 1. The summed E-state index contributed by atoms with van der Waals surface area (Å²) in [7, 11) is 0. The maximum atomic E-state index is 14.9. The number of hydrogen-bond acceptors (Lipinski definition) is 7. The number of halogens is 2. The van der Waals surface area contributed by atoms with Crippen molar-refractivity contribution < 1.29 is 28.9 Å². The molecule has 11 heteroatoms. The van der Waals surface area contributed by atoms with Crippen molar-refractivity contribution >= 4 is 38.7 Å². The molecule has 3 atom stereocenters. The van der Waals surface area contributed by atoms with Gasteiger partial charge in [-0.15, -0.1) is 0 Å². The second-order valence-electron chi connectivity index (χ2n) is 10.2. The minimum absolute atomic E-state index is 0.0188. The van der Waals surface area contributed by atoms with Gasteiger partial charge in [0.25, 0.3) is 5.56 Å². The average molecular weight is 586 g/mol. The first-order valence-corrected chi connectivity index (χ1v) is 13.3. The Morgan fingerprint density at radius 2 is 2.11 bits per heavy atom. The summed E-state index contributed by atoms with van der Waals surface area (Å²) in [5.74, 6) is -1.60. The van der Waals surface area contributed by atoms with E-state index >= 15 is 0 Å². The standard InChI is InChI=1S/C27H25BrFN3O6/c1-3-27(37)15-7-19-24-13(9-32(19)25(35)14(15)10-38-26(27)36)22-17(30-20(34)6-11(2)33)5-4-12-21(22)18(31-24)8-16(29)23(12)28/h7-8,11,17,33,37H,3-6,9-10H2,1-2H3,(H,30,34)/t11-,17+,27+/m1/s1. The van der Waals surface area contributed by atoms with E-state index in [0.29, 0.717) is 39.8 Å². The molecule has 4 heterocycles. The minimum atomic E-state index is -1.96. The number of aliphatic hydroxyl groups is 2. The molecule has 1 amide bonds. The van der Waals surface area contributed by atoms with Crippen molar-refractivity contribution in [2.24, 2.45) is 0 Å². The Labute approximate surface area is 224 Å². The second kappa shape index (κ2) is 8.69. The average Bonchev–Trinajstić information content (AvgIpc) is 3.24. The van der Waals surface area contributed by atoms with Crippen molar-refractivity contribution in [3.63, 3.8) is 0 Å². The molecule has 6 rings (SSSR count). The number of fused-ring (bicyclic) bond motifs is 5. The number of rotatable bonds is 4. The highest BCUT2D eigenvalue weighted by Crippen LogP contribution is 2.46. The van der Waals surface area contributed by atoms with Crippen LogP contribution in [-0.2, 0) is 39.5 Å². The SMILES string of the molecule is CC[C@@]1(O)C(=O)OCc2c1cc1n(c2=O)Cc2c-1nc1cc(F)c(Br)c3c1c2[C@@H](NC(=O)C[C@@H](C)O)CC3. The number of benzene rings is 1. The van der Waals surface area contributed by atoms with Gasteiger partial charge in [0.2, 0.25) is 5.91 Å². The Morgan fingerprint density at radius 1 is 1.34 bits per heavy atom. The molecule has 3 N–H and O–H groups in total. The number of nitrogens with one attached hydrogen (secondary N) is 1.